The van der Waals surface area contributed by atoms with Gasteiger partial charge in [-0.15, -0.1) is 0 Å². The highest BCUT2D eigenvalue weighted by Gasteiger charge is 2.32. The first-order valence-electron chi connectivity index (χ1n) is 12.4. The van der Waals surface area contributed by atoms with Crippen LogP contribution in [-0.2, 0) is 10.0 Å². The molecule has 2 fully saturated rings. The lowest BCUT2D eigenvalue weighted by Gasteiger charge is -2.35. The minimum absolute atomic E-state index is 0. The fraction of sp³-hybridized carbons (Fsp3) is 0.480. The summed E-state index contributed by atoms with van der Waals surface area (Å²) in [6.07, 6.45) is 9.28. The van der Waals surface area contributed by atoms with Crippen LogP contribution in [0, 0.1) is 6.92 Å². The second-order valence-electron chi connectivity index (χ2n) is 9.74. The molecule has 2 aliphatic rings. The molecule has 4 N–H and O–H groups in total. The zero-order chi connectivity index (χ0) is 25.4. The third-order valence-corrected chi connectivity index (χ3v) is 7.72. The molecule has 200 valence electrons. The van der Waals surface area contributed by atoms with Crippen molar-refractivity contribution in [3.63, 3.8) is 0 Å². The van der Waals surface area contributed by atoms with E-state index in [1.54, 1.807) is 15.5 Å². The number of carbonyl (C=O) groups excluding carboxylic acids is 1. The first-order valence-corrected chi connectivity index (χ1v) is 14.7. The van der Waals surface area contributed by atoms with E-state index in [4.69, 9.17) is 21.7 Å². The fourth-order valence-corrected chi connectivity index (χ4v) is 5.98. The predicted octanol–water partition coefficient (Wildman–Crippen LogP) is 4.58. The Kier molecular flexibility index (Phi) is 7.96. The highest BCUT2D eigenvalue weighted by molar-refractivity contribution is 7.92. The number of amides is 1. The van der Waals surface area contributed by atoms with Crippen LogP contribution in [0.3, 0.4) is 0 Å². The lowest BCUT2D eigenvalue weighted by molar-refractivity contribution is 0.0607. The van der Waals surface area contributed by atoms with Crippen LogP contribution in [0.25, 0.3) is 5.65 Å². The van der Waals surface area contributed by atoms with Gasteiger partial charge in [0.05, 0.1) is 29.2 Å². The van der Waals surface area contributed by atoms with Gasteiger partial charge in [0.15, 0.2) is 5.65 Å². The molecule has 10 nitrogen and oxygen atoms in total. The van der Waals surface area contributed by atoms with E-state index in [2.05, 4.69) is 16.5 Å². The molecule has 2 saturated heterocycles. The van der Waals surface area contributed by atoms with Gasteiger partial charge in [-0.1, -0.05) is 11.6 Å². The summed E-state index contributed by atoms with van der Waals surface area (Å²) in [6.45, 7) is 4.64. The smallest absolute Gasteiger partial charge is 0.256 e. The summed E-state index contributed by atoms with van der Waals surface area (Å²) in [7, 11) is -3.57. The van der Waals surface area contributed by atoms with Crippen molar-refractivity contribution in [3.05, 3.63) is 52.3 Å². The van der Waals surface area contributed by atoms with Crippen molar-refractivity contribution < 1.29 is 13.2 Å². The molecule has 0 saturated carbocycles. The maximum atomic E-state index is 13.7. The molecule has 5 rings (SSSR count). The molecule has 0 bridgehead atoms. The number of hydrogen-bond donors (Lipinski definition) is 2. The standard InChI is InChI=1S/C25H31ClN6O3S.H3N/c1-17-16-32-23(27-24(17)30-11-5-3-6-12-30)15-21(28-32)22-8-4-7-13-31(22)25(33)19-14-18(26)9-10-20(19)29-36(2,34)35;/h9-10,14-16,22,29H,3-8,11-13H2,1-2H3;1H3. The van der Waals surface area contributed by atoms with E-state index in [9.17, 15) is 13.2 Å². The average molecular weight is 548 g/mol. The summed E-state index contributed by atoms with van der Waals surface area (Å²) < 4.78 is 28.0. The number of halogens is 1. The monoisotopic (exact) mass is 547 g/mol. The van der Waals surface area contributed by atoms with Crippen molar-refractivity contribution in [3.8, 4) is 0 Å². The summed E-state index contributed by atoms with van der Waals surface area (Å²) >= 11 is 6.20. The highest BCUT2D eigenvalue weighted by atomic mass is 35.5. The van der Waals surface area contributed by atoms with Crippen LogP contribution in [0.4, 0.5) is 11.5 Å². The van der Waals surface area contributed by atoms with Crippen LogP contribution in [0.5, 0.6) is 0 Å². The Morgan fingerprint density at radius 2 is 1.81 bits per heavy atom. The first-order chi connectivity index (χ1) is 17.2. The number of rotatable bonds is 5. The Morgan fingerprint density at radius 1 is 1.08 bits per heavy atom. The predicted molar refractivity (Wildman–Crippen MR) is 146 cm³/mol. The first kappa shape index (κ1) is 27.2. The number of carbonyl (C=O) groups is 1. The van der Waals surface area contributed by atoms with Crippen LogP contribution in [0.2, 0.25) is 5.02 Å². The van der Waals surface area contributed by atoms with Gasteiger partial charge in [0.1, 0.15) is 5.82 Å². The molecule has 1 aromatic carbocycles. The minimum atomic E-state index is -3.57. The number of sulfonamides is 1. The molecular formula is C25H34ClN7O3S. The van der Waals surface area contributed by atoms with Crippen LogP contribution in [-0.4, -0.2) is 59.7 Å². The number of likely N-dealkylation sites (tertiary alicyclic amines) is 1. The third-order valence-electron chi connectivity index (χ3n) is 6.89. The molecule has 37 heavy (non-hydrogen) atoms. The Labute approximate surface area is 222 Å². The molecule has 0 aliphatic carbocycles. The Hall–Kier alpha value is -2.89. The lowest BCUT2D eigenvalue weighted by Crippen LogP contribution is -2.39. The topological polar surface area (TPSA) is 135 Å². The zero-order valence-corrected chi connectivity index (χ0v) is 22.9. The van der Waals surface area contributed by atoms with Crippen molar-refractivity contribution in [2.75, 3.05) is 35.5 Å². The third kappa shape index (κ3) is 5.83. The Morgan fingerprint density at radius 3 is 2.54 bits per heavy atom. The van der Waals surface area contributed by atoms with E-state index < -0.39 is 10.0 Å². The Balaban J connectivity index is 0.00000320. The van der Waals surface area contributed by atoms with Crippen LogP contribution in [0.15, 0.2) is 30.5 Å². The maximum absolute atomic E-state index is 13.7. The largest absolute Gasteiger partial charge is 0.356 e. The molecule has 0 spiro atoms. The van der Waals surface area contributed by atoms with Crippen LogP contribution >= 0.6 is 11.6 Å². The van der Waals surface area contributed by atoms with E-state index in [0.29, 0.717) is 11.6 Å². The minimum Gasteiger partial charge on any atom is -0.356 e. The maximum Gasteiger partial charge on any atom is 0.256 e. The summed E-state index contributed by atoms with van der Waals surface area (Å²) in [4.78, 5) is 22.8. The van der Waals surface area contributed by atoms with Crippen LogP contribution in [0.1, 0.15) is 66.2 Å². The molecule has 2 aromatic heterocycles. The van der Waals surface area contributed by atoms with Gasteiger partial charge in [0.2, 0.25) is 10.0 Å². The summed E-state index contributed by atoms with van der Waals surface area (Å²) in [5.41, 5.74) is 3.06. The van der Waals surface area contributed by atoms with Gasteiger partial charge in [0.25, 0.3) is 5.91 Å². The van der Waals surface area contributed by atoms with Gasteiger partial charge in [-0.05, 0) is 63.6 Å². The van der Waals surface area contributed by atoms with E-state index >= 15 is 0 Å². The Bertz CT molecular complexity index is 1400. The van der Waals surface area contributed by atoms with Gasteiger partial charge >= 0.3 is 0 Å². The molecular weight excluding hydrogens is 514 g/mol. The van der Waals surface area contributed by atoms with Crippen molar-refractivity contribution in [1.29, 1.82) is 0 Å². The lowest BCUT2D eigenvalue weighted by atomic mass is 9.98. The van der Waals surface area contributed by atoms with Gasteiger partial charge < -0.3 is 16.0 Å². The van der Waals surface area contributed by atoms with Crippen LogP contribution < -0.4 is 15.8 Å². The molecule has 1 amide bonds. The van der Waals surface area contributed by atoms with Crippen molar-refractivity contribution >= 4 is 44.7 Å². The molecule has 0 radical (unpaired) electrons. The average Bonchev–Trinajstić information content (AvgIpc) is 3.26. The number of benzene rings is 1. The summed E-state index contributed by atoms with van der Waals surface area (Å²) in [6, 6.07) is 6.33. The fourth-order valence-electron chi connectivity index (χ4n) is 5.23. The number of aryl methyl sites for hydroxylation is 1. The molecule has 2 aliphatic heterocycles. The highest BCUT2D eigenvalue weighted by Crippen LogP contribution is 2.34. The zero-order valence-electron chi connectivity index (χ0n) is 21.3. The van der Waals surface area contributed by atoms with E-state index in [1.807, 2.05) is 12.3 Å². The van der Waals surface area contributed by atoms with Crippen molar-refractivity contribution in [1.82, 2.24) is 25.6 Å². The number of aromatic nitrogens is 3. The van der Waals surface area contributed by atoms with E-state index in [1.165, 1.54) is 31.4 Å². The number of piperidine rings is 2. The number of nitrogens with zero attached hydrogens (tertiary/aromatic N) is 5. The van der Waals surface area contributed by atoms with Crippen molar-refractivity contribution in [2.45, 2.75) is 51.5 Å². The second-order valence-corrected chi connectivity index (χ2v) is 11.9. The number of nitrogens with one attached hydrogen (secondary N) is 1. The molecule has 1 unspecified atom stereocenters. The summed E-state index contributed by atoms with van der Waals surface area (Å²) in [5, 5.41) is 5.18. The number of fused-ring (bicyclic) bond motifs is 1. The molecule has 12 heteroatoms. The number of hydrogen-bond acceptors (Lipinski definition) is 7. The summed E-state index contributed by atoms with van der Waals surface area (Å²) in [5.74, 6) is 0.726. The quantitative estimate of drug-likeness (QED) is 0.477. The SMILES string of the molecule is Cc1cn2nc(C3CCCCN3C(=O)c3cc(Cl)ccc3NS(C)(=O)=O)cc2nc1N1CCCCC1.N. The van der Waals surface area contributed by atoms with Gasteiger partial charge in [-0.2, -0.15) is 5.10 Å². The van der Waals surface area contributed by atoms with Gasteiger partial charge in [0, 0.05) is 42.5 Å². The van der Waals surface area contributed by atoms with Crippen molar-refractivity contribution in [2.24, 2.45) is 0 Å². The molecule has 1 atom stereocenters. The normalized spacial score (nSPS) is 18.5. The van der Waals surface area contributed by atoms with Gasteiger partial charge in [-0.3, -0.25) is 9.52 Å². The molecule has 3 aromatic rings. The van der Waals surface area contributed by atoms with E-state index in [-0.39, 0.29) is 29.4 Å². The second kappa shape index (κ2) is 10.8. The number of anilines is 2. The van der Waals surface area contributed by atoms with Gasteiger partial charge in [-0.25, -0.2) is 17.9 Å². The molecule has 4 heterocycles. The van der Waals surface area contributed by atoms with E-state index in [0.717, 1.165) is 61.3 Å².